The van der Waals surface area contributed by atoms with Crippen LogP contribution < -0.4 is 5.32 Å². The molecule has 1 heterocycles. The normalized spacial score (nSPS) is 25.5. The van der Waals surface area contributed by atoms with Gasteiger partial charge in [-0.2, -0.15) is 0 Å². The average Bonchev–Trinajstić information content (AvgIpc) is 2.95. The van der Waals surface area contributed by atoms with Crippen LogP contribution in [-0.2, 0) is 0 Å². The second-order valence-corrected chi connectivity index (χ2v) is 6.69. The van der Waals surface area contributed by atoms with Gasteiger partial charge in [0.1, 0.15) is 5.82 Å². The summed E-state index contributed by atoms with van der Waals surface area (Å²) in [6.45, 7) is 0. The van der Waals surface area contributed by atoms with E-state index in [9.17, 15) is 4.39 Å². The van der Waals surface area contributed by atoms with E-state index in [0.29, 0.717) is 15.6 Å². The van der Waals surface area contributed by atoms with Gasteiger partial charge in [-0.25, -0.2) is 4.39 Å². The van der Waals surface area contributed by atoms with Gasteiger partial charge >= 0.3 is 0 Å². The molecule has 1 N–H and O–H groups in total. The lowest BCUT2D eigenvalue weighted by molar-refractivity contribution is 0.413. The van der Waals surface area contributed by atoms with Crippen LogP contribution in [-0.4, -0.2) is 0 Å². The van der Waals surface area contributed by atoms with E-state index in [2.05, 4.69) is 17.5 Å². The van der Waals surface area contributed by atoms with Crippen LogP contribution in [0.5, 0.6) is 0 Å². The van der Waals surface area contributed by atoms with E-state index in [1.807, 2.05) is 18.2 Å². The largest absolute Gasteiger partial charge is 0.377 e. The minimum atomic E-state index is -0.178. The molecular formula is C18H14Cl2FN. The van der Waals surface area contributed by atoms with Gasteiger partial charge in [0, 0.05) is 32.8 Å². The van der Waals surface area contributed by atoms with E-state index in [0.717, 1.165) is 17.7 Å². The van der Waals surface area contributed by atoms with E-state index < -0.39 is 0 Å². The molecule has 2 aromatic rings. The summed E-state index contributed by atoms with van der Waals surface area (Å²) in [6, 6.07) is 10.5. The molecule has 0 fully saturated rings. The number of hydrogen-bond acceptors (Lipinski definition) is 1. The minimum absolute atomic E-state index is 0.0803. The number of fused-ring (bicyclic) bond motifs is 3. The molecule has 0 radical (unpaired) electrons. The first kappa shape index (κ1) is 14.1. The van der Waals surface area contributed by atoms with Gasteiger partial charge in [-0.1, -0.05) is 53.6 Å². The lowest BCUT2D eigenvalue weighted by Crippen LogP contribution is -2.30. The molecule has 2 aliphatic rings. The van der Waals surface area contributed by atoms with Crippen molar-refractivity contribution >= 4 is 28.9 Å². The van der Waals surface area contributed by atoms with Crippen LogP contribution in [0.4, 0.5) is 10.1 Å². The van der Waals surface area contributed by atoms with Gasteiger partial charge in [-0.15, -0.1) is 0 Å². The number of rotatable bonds is 1. The van der Waals surface area contributed by atoms with Crippen LogP contribution in [0.25, 0.3) is 0 Å². The molecule has 0 bridgehead atoms. The Kier molecular flexibility index (Phi) is 3.39. The molecule has 0 amide bonds. The molecular weight excluding hydrogens is 320 g/mol. The highest BCUT2D eigenvalue weighted by molar-refractivity contribution is 6.35. The maximum atomic E-state index is 14.3. The third-order valence-electron chi connectivity index (χ3n) is 4.62. The van der Waals surface area contributed by atoms with E-state index in [1.54, 1.807) is 12.1 Å². The van der Waals surface area contributed by atoms with Crippen molar-refractivity contribution in [2.75, 3.05) is 5.32 Å². The number of anilines is 1. The van der Waals surface area contributed by atoms with Crippen molar-refractivity contribution in [2.24, 2.45) is 5.92 Å². The van der Waals surface area contributed by atoms with Gasteiger partial charge in [0.25, 0.3) is 0 Å². The number of nitrogens with one attached hydrogen (secondary N) is 1. The second kappa shape index (κ2) is 5.29. The molecule has 0 saturated heterocycles. The maximum Gasteiger partial charge on any atom is 0.128 e. The molecule has 0 unspecified atom stereocenters. The SMILES string of the molecule is Fc1ccccc1[C@@H]1Nc2cc(Cl)cc(Cl)c2[C@H]2C=CC[C@H]21. The zero-order chi connectivity index (χ0) is 15.3. The Labute approximate surface area is 138 Å². The zero-order valence-electron chi connectivity index (χ0n) is 11.7. The first-order valence-corrected chi connectivity index (χ1v) is 8.07. The van der Waals surface area contributed by atoms with Gasteiger partial charge < -0.3 is 5.32 Å². The average molecular weight is 334 g/mol. The summed E-state index contributed by atoms with van der Waals surface area (Å²) < 4.78 is 14.3. The van der Waals surface area contributed by atoms with Crippen LogP contribution in [0.15, 0.2) is 48.6 Å². The summed E-state index contributed by atoms with van der Waals surface area (Å²) in [7, 11) is 0. The Morgan fingerprint density at radius 2 is 1.95 bits per heavy atom. The minimum Gasteiger partial charge on any atom is -0.377 e. The molecule has 2 aromatic carbocycles. The van der Waals surface area contributed by atoms with Crippen molar-refractivity contribution in [2.45, 2.75) is 18.4 Å². The van der Waals surface area contributed by atoms with Crippen LogP contribution in [0.2, 0.25) is 10.0 Å². The summed E-state index contributed by atoms with van der Waals surface area (Å²) in [5.41, 5.74) is 2.67. The molecule has 1 nitrogen and oxygen atoms in total. The topological polar surface area (TPSA) is 12.0 Å². The molecule has 0 spiro atoms. The van der Waals surface area contributed by atoms with Gasteiger partial charge in [-0.3, -0.25) is 0 Å². The third-order valence-corrected chi connectivity index (χ3v) is 5.15. The summed E-state index contributed by atoms with van der Waals surface area (Å²) in [6.07, 6.45) is 5.25. The van der Waals surface area contributed by atoms with Gasteiger partial charge in [-0.05, 0) is 30.5 Å². The Hall–Kier alpha value is -1.51. The Morgan fingerprint density at radius 1 is 1.14 bits per heavy atom. The molecule has 4 rings (SSSR count). The number of hydrogen-bond donors (Lipinski definition) is 1. The quantitative estimate of drug-likeness (QED) is 0.635. The van der Waals surface area contributed by atoms with Crippen LogP contribution in [0.3, 0.4) is 0 Å². The highest BCUT2D eigenvalue weighted by atomic mass is 35.5. The third kappa shape index (κ3) is 2.13. The van der Waals surface area contributed by atoms with Crippen molar-refractivity contribution in [3.8, 4) is 0 Å². The molecule has 1 aliphatic carbocycles. The van der Waals surface area contributed by atoms with Gasteiger partial charge in [0.15, 0.2) is 0 Å². The molecule has 112 valence electrons. The molecule has 4 heteroatoms. The van der Waals surface area contributed by atoms with Crippen molar-refractivity contribution in [3.63, 3.8) is 0 Å². The van der Waals surface area contributed by atoms with Crippen molar-refractivity contribution in [1.82, 2.24) is 0 Å². The summed E-state index contributed by atoms with van der Waals surface area (Å²) in [4.78, 5) is 0. The van der Waals surface area contributed by atoms with Gasteiger partial charge in [0.05, 0.1) is 6.04 Å². The van der Waals surface area contributed by atoms with Crippen molar-refractivity contribution in [3.05, 3.63) is 75.5 Å². The molecule has 0 saturated carbocycles. The maximum absolute atomic E-state index is 14.3. The highest BCUT2D eigenvalue weighted by Crippen LogP contribution is 2.52. The fourth-order valence-electron chi connectivity index (χ4n) is 3.68. The molecule has 1 aliphatic heterocycles. The lowest BCUT2D eigenvalue weighted by atomic mass is 9.77. The highest BCUT2D eigenvalue weighted by Gasteiger charge is 2.39. The number of allylic oxidation sites excluding steroid dienone is 2. The predicted octanol–water partition coefficient (Wildman–Crippen LogP) is 5.96. The Morgan fingerprint density at radius 3 is 2.77 bits per heavy atom. The monoisotopic (exact) mass is 333 g/mol. The fourth-order valence-corrected chi connectivity index (χ4v) is 4.30. The Bertz CT molecular complexity index is 772. The predicted molar refractivity (Wildman–Crippen MR) is 89.2 cm³/mol. The Balaban J connectivity index is 1.86. The molecule has 22 heavy (non-hydrogen) atoms. The standard InChI is InChI=1S/C18H14Cl2FN/c19-10-8-14(20)17-11-5-3-6-12(11)18(22-16(17)9-10)13-4-1-2-7-15(13)21/h1-5,7-9,11-12,18,22H,6H2/t11-,12+,18+/m0/s1. The van der Waals surface area contributed by atoms with E-state index >= 15 is 0 Å². The molecule has 0 aromatic heterocycles. The lowest BCUT2D eigenvalue weighted by Gasteiger charge is -2.38. The number of halogens is 3. The zero-order valence-corrected chi connectivity index (χ0v) is 13.2. The number of benzene rings is 2. The van der Waals surface area contributed by atoms with Crippen LogP contribution >= 0.6 is 23.2 Å². The summed E-state index contributed by atoms with van der Waals surface area (Å²) >= 11 is 12.5. The first-order valence-electron chi connectivity index (χ1n) is 7.31. The second-order valence-electron chi connectivity index (χ2n) is 5.85. The van der Waals surface area contributed by atoms with Crippen molar-refractivity contribution in [1.29, 1.82) is 0 Å². The fraction of sp³-hybridized carbons (Fsp3) is 0.222. The van der Waals surface area contributed by atoms with Gasteiger partial charge in [0.2, 0.25) is 0 Å². The van der Waals surface area contributed by atoms with E-state index in [4.69, 9.17) is 23.2 Å². The summed E-state index contributed by atoms with van der Waals surface area (Å²) in [5, 5.41) is 4.72. The van der Waals surface area contributed by atoms with E-state index in [-0.39, 0.29) is 23.7 Å². The van der Waals surface area contributed by atoms with E-state index in [1.165, 1.54) is 6.07 Å². The smallest absolute Gasteiger partial charge is 0.128 e. The summed E-state index contributed by atoms with van der Waals surface area (Å²) in [5.74, 6) is 0.288. The molecule has 3 atom stereocenters. The van der Waals surface area contributed by atoms with Crippen LogP contribution in [0, 0.1) is 11.7 Å². The van der Waals surface area contributed by atoms with Crippen molar-refractivity contribution < 1.29 is 4.39 Å². The van der Waals surface area contributed by atoms with Crippen LogP contribution in [0.1, 0.15) is 29.5 Å². The first-order chi connectivity index (χ1) is 10.6.